The van der Waals surface area contributed by atoms with Gasteiger partial charge in [-0.3, -0.25) is 15.5 Å². The fourth-order valence-electron chi connectivity index (χ4n) is 2.05. The molecule has 2 aromatic rings. The predicted molar refractivity (Wildman–Crippen MR) is 98.2 cm³/mol. The van der Waals surface area contributed by atoms with Gasteiger partial charge in [0.25, 0.3) is 0 Å². The van der Waals surface area contributed by atoms with E-state index >= 15 is 0 Å². The second-order valence-electron chi connectivity index (χ2n) is 5.02. The second kappa shape index (κ2) is 8.43. The molecule has 0 aliphatic rings. The summed E-state index contributed by atoms with van der Waals surface area (Å²) in [6.45, 7) is 8.14. The molecule has 0 atom stereocenters. The number of hydrogen-bond acceptors (Lipinski definition) is 8. The van der Waals surface area contributed by atoms with Crippen molar-refractivity contribution in [1.82, 2.24) is 4.98 Å². The Balaban J connectivity index is 2.30. The van der Waals surface area contributed by atoms with Gasteiger partial charge in [-0.15, -0.1) is 11.3 Å². The van der Waals surface area contributed by atoms with Crippen LogP contribution in [0.5, 0.6) is 11.5 Å². The summed E-state index contributed by atoms with van der Waals surface area (Å²) < 4.78 is 10.9. The van der Waals surface area contributed by atoms with E-state index in [9.17, 15) is 10.1 Å². The molecule has 1 N–H and O–H groups in total. The van der Waals surface area contributed by atoms with E-state index in [1.807, 2.05) is 13.8 Å². The van der Waals surface area contributed by atoms with Gasteiger partial charge in [-0.25, -0.2) is 4.98 Å². The lowest BCUT2D eigenvalue weighted by Crippen LogP contribution is -2.03. The van der Waals surface area contributed by atoms with Crippen LogP contribution in [0, 0.1) is 24.0 Å². The van der Waals surface area contributed by atoms with Crippen LogP contribution in [0.3, 0.4) is 0 Å². The third-order valence-corrected chi connectivity index (χ3v) is 4.22. The van der Waals surface area contributed by atoms with Gasteiger partial charge in [0.05, 0.1) is 30.0 Å². The number of aromatic nitrogens is 1. The summed E-state index contributed by atoms with van der Waals surface area (Å²) in [5.74, 6) is 0.451. The third kappa shape index (κ3) is 4.66. The van der Waals surface area contributed by atoms with E-state index in [1.165, 1.54) is 23.6 Å². The maximum Gasteiger partial charge on any atom is 0.315 e. The van der Waals surface area contributed by atoms with Gasteiger partial charge in [0.1, 0.15) is 0 Å². The van der Waals surface area contributed by atoms with Gasteiger partial charge in [-0.1, -0.05) is 0 Å². The van der Waals surface area contributed by atoms with Gasteiger partial charge < -0.3 is 9.47 Å². The first kappa shape index (κ1) is 18.7. The quantitative estimate of drug-likeness (QED) is 0.433. The normalized spacial score (nSPS) is 10.9. The Hall–Kier alpha value is -2.68. The third-order valence-electron chi connectivity index (χ3n) is 3.25. The molecule has 25 heavy (non-hydrogen) atoms. The number of ether oxygens (including phenoxy) is 2. The van der Waals surface area contributed by atoms with Crippen LogP contribution in [-0.4, -0.2) is 29.3 Å². The molecule has 1 heterocycles. The van der Waals surface area contributed by atoms with Gasteiger partial charge >= 0.3 is 5.69 Å². The molecular formula is C16H20N4O4S. The van der Waals surface area contributed by atoms with Crippen molar-refractivity contribution in [3.05, 3.63) is 38.4 Å². The summed E-state index contributed by atoms with van der Waals surface area (Å²) in [7, 11) is 0. The van der Waals surface area contributed by atoms with Gasteiger partial charge in [0.2, 0.25) is 10.9 Å². The number of nitrogens with one attached hydrogen (secondary N) is 1. The van der Waals surface area contributed by atoms with Crippen LogP contribution in [0.15, 0.2) is 17.2 Å². The summed E-state index contributed by atoms with van der Waals surface area (Å²) in [5, 5.41) is 16.1. The van der Waals surface area contributed by atoms with Gasteiger partial charge in [-0.05, 0) is 33.8 Å². The maximum atomic E-state index is 11.3. The number of aryl methyl sites for hydroxylation is 2. The first-order valence-corrected chi connectivity index (χ1v) is 8.59. The van der Waals surface area contributed by atoms with E-state index in [0.717, 1.165) is 10.6 Å². The summed E-state index contributed by atoms with van der Waals surface area (Å²) in [6.07, 6.45) is 1.48. The SMILES string of the molecule is CCOc1cc(/C=N\Nc2nc(C)c(C)s2)cc([N+](=O)[O-])c1OCC. The van der Waals surface area contributed by atoms with Crippen molar-refractivity contribution in [2.45, 2.75) is 27.7 Å². The molecule has 8 nitrogen and oxygen atoms in total. The van der Waals surface area contributed by atoms with Crippen LogP contribution in [0.25, 0.3) is 0 Å². The highest BCUT2D eigenvalue weighted by Gasteiger charge is 2.22. The summed E-state index contributed by atoms with van der Waals surface area (Å²) in [6, 6.07) is 3.06. The Kier molecular flexibility index (Phi) is 6.29. The molecule has 0 spiro atoms. The first-order chi connectivity index (χ1) is 12.0. The Morgan fingerprint density at radius 2 is 2.04 bits per heavy atom. The number of nitrogens with zero attached hydrogens (tertiary/aromatic N) is 3. The molecule has 0 saturated carbocycles. The zero-order valence-corrected chi connectivity index (χ0v) is 15.3. The fourth-order valence-corrected chi connectivity index (χ4v) is 2.82. The molecule has 1 aromatic heterocycles. The van der Waals surface area contributed by atoms with Crippen LogP contribution in [0.2, 0.25) is 0 Å². The molecule has 0 aliphatic heterocycles. The summed E-state index contributed by atoms with van der Waals surface area (Å²) in [5.41, 5.74) is 4.14. The zero-order chi connectivity index (χ0) is 18.4. The van der Waals surface area contributed by atoms with Crippen molar-refractivity contribution in [3.63, 3.8) is 0 Å². The Bertz CT molecular complexity index is 769. The van der Waals surface area contributed by atoms with Crippen LogP contribution in [0.4, 0.5) is 10.8 Å². The molecule has 0 radical (unpaired) electrons. The van der Waals surface area contributed by atoms with Crippen LogP contribution < -0.4 is 14.9 Å². The highest BCUT2D eigenvalue weighted by atomic mass is 32.1. The number of anilines is 1. The van der Waals surface area contributed by atoms with Gasteiger partial charge in [0, 0.05) is 16.5 Å². The van der Waals surface area contributed by atoms with Gasteiger partial charge in [-0.2, -0.15) is 5.10 Å². The van der Waals surface area contributed by atoms with E-state index in [-0.39, 0.29) is 11.4 Å². The molecule has 1 aromatic carbocycles. The number of hydrogen-bond donors (Lipinski definition) is 1. The molecule has 2 rings (SSSR count). The lowest BCUT2D eigenvalue weighted by molar-refractivity contribution is -0.385. The molecule has 0 bridgehead atoms. The molecule has 0 amide bonds. The topological polar surface area (TPSA) is 98.9 Å². The molecular weight excluding hydrogens is 344 g/mol. The average Bonchev–Trinajstić information content (AvgIpc) is 2.87. The Morgan fingerprint density at radius 1 is 1.32 bits per heavy atom. The largest absolute Gasteiger partial charge is 0.490 e. The Labute approximate surface area is 149 Å². The van der Waals surface area contributed by atoms with Crippen LogP contribution in [-0.2, 0) is 0 Å². The van der Waals surface area contributed by atoms with Crippen molar-refractivity contribution in [1.29, 1.82) is 0 Å². The molecule has 0 unspecified atom stereocenters. The number of rotatable bonds is 8. The van der Waals surface area contributed by atoms with E-state index in [4.69, 9.17) is 9.47 Å². The molecule has 0 aliphatic carbocycles. The number of benzene rings is 1. The van der Waals surface area contributed by atoms with E-state index in [2.05, 4.69) is 15.5 Å². The summed E-state index contributed by atoms with van der Waals surface area (Å²) in [4.78, 5) is 16.3. The highest BCUT2D eigenvalue weighted by molar-refractivity contribution is 7.15. The average molecular weight is 364 g/mol. The number of nitro groups is 1. The molecule has 9 heteroatoms. The minimum atomic E-state index is -0.494. The van der Waals surface area contributed by atoms with E-state index in [0.29, 0.717) is 29.7 Å². The van der Waals surface area contributed by atoms with E-state index in [1.54, 1.807) is 19.9 Å². The smallest absolute Gasteiger partial charge is 0.315 e. The second-order valence-corrected chi connectivity index (χ2v) is 6.22. The predicted octanol–water partition coefficient (Wildman–Crippen LogP) is 3.91. The van der Waals surface area contributed by atoms with Crippen molar-refractivity contribution >= 4 is 28.4 Å². The van der Waals surface area contributed by atoms with Crippen molar-refractivity contribution < 1.29 is 14.4 Å². The monoisotopic (exact) mass is 364 g/mol. The van der Waals surface area contributed by atoms with E-state index < -0.39 is 4.92 Å². The zero-order valence-electron chi connectivity index (χ0n) is 14.5. The number of hydrazone groups is 1. The number of nitro benzene ring substituents is 1. The number of thiazole rings is 1. The highest BCUT2D eigenvalue weighted by Crippen LogP contribution is 2.38. The van der Waals surface area contributed by atoms with Crippen LogP contribution in [0.1, 0.15) is 30.0 Å². The lowest BCUT2D eigenvalue weighted by Gasteiger charge is -2.11. The molecule has 134 valence electrons. The van der Waals surface area contributed by atoms with Gasteiger partial charge in [0.15, 0.2) is 5.75 Å². The molecule has 0 fully saturated rings. The van der Waals surface area contributed by atoms with Crippen LogP contribution >= 0.6 is 11.3 Å². The standard InChI is InChI=1S/C16H20N4O4S/c1-5-23-14-8-12(7-13(20(21)22)15(14)24-6-2)9-17-19-16-18-10(3)11(4)25-16/h7-9H,5-6H2,1-4H3,(H,18,19)/b17-9-. The minimum absolute atomic E-state index is 0.130. The minimum Gasteiger partial charge on any atom is -0.490 e. The van der Waals surface area contributed by atoms with Crippen molar-refractivity contribution in [2.24, 2.45) is 5.10 Å². The van der Waals surface area contributed by atoms with Crippen molar-refractivity contribution in [2.75, 3.05) is 18.6 Å². The maximum absolute atomic E-state index is 11.3. The fraction of sp³-hybridized carbons (Fsp3) is 0.375. The molecule has 0 saturated heterocycles. The lowest BCUT2D eigenvalue weighted by atomic mass is 10.2. The van der Waals surface area contributed by atoms with Crippen molar-refractivity contribution in [3.8, 4) is 11.5 Å². The first-order valence-electron chi connectivity index (χ1n) is 7.77. The Morgan fingerprint density at radius 3 is 2.60 bits per heavy atom. The summed E-state index contributed by atoms with van der Waals surface area (Å²) >= 11 is 1.49.